The molecule has 0 aliphatic carbocycles. The van der Waals surface area contributed by atoms with Gasteiger partial charge in [0, 0.05) is 0 Å². The summed E-state index contributed by atoms with van der Waals surface area (Å²) in [5.74, 6) is 0. The summed E-state index contributed by atoms with van der Waals surface area (Å²) in [6.45, 7) is 0. The van der Waals surface area contributed by atoms with Crippen molar-refractivity contribution >= 4 is 56.7 Å². The number of hydrogen-bond acceptors (Lipinski definition) is 2. The predicted octanol–water partition coefficient (Wildman–Crippen LogP) is 2.36. The molecule has 0 fully saturated rings. The van der Waals surface area contributed by atoms with Crippen molar-refractivity contribution in [1.82, 2.24) is 0 Å². The largest absolute Gasteiger partial charge is 0.308 e. The molecule has 2 nitrogen and oxygen atoms in total. The fraction of sp³-hybridized carbons (Fsp3) is 0.333. The van der Waals surface area contributed by atoms with Crippen molar-refractivity contribution in [2.24, 2.45) is 9.98 Å². The van der Waals surface area contributed by atoms with Gasteiger partial charge in [-0.3, -0.25) is 0 Å². The number of aliphatic imine (C=N–C) groups is 2. The predicted molar refractivity (Wildman–Crippen MR) is 41.0 cm³/mol. The number of rotatable bonds is 0. The molecule has 1 aliphatic rings. The molecule has 0 aromatic carbocycles. The summed E-state index contributed by atoms with van der Waals surface area (Å²) in [6, 6.07) is 0. The van der Waals surface area contributed by atoms with Gasteiger partial charge >= 0.3 is 4.58 Å². The minimum absolute atomic E-state index is 0.0432. The van der Waals surface area contributed by atoms with Crippen molar-refractivity contribution in [3.8, 4) is 0 Å². The Kier molecular flexibility index (Phi) is 1.92. The number of halogens is 4. The first-order chi connectivity index (χ1) is 4.01. The summed E-state index contributed by atoms with van der Waals surface area (Å²) in [4.78, 5) is 6.96. The first-order valence-corrected chi connectivity index (χ1v) is 3.41. The third-order valence-electron chi connectivity index (χ3n) is 0.636. The fourth-order valence-electron chi connectivity index (χ4n) is 0.353. The Balaban J connectivity index is 2.96. The topological polar surface area (TPSA) is 24.7 Å². The van der Waals surface area contributed by atoms with Crippen molar-refractivity contribution < 1.29 is 0 Å². The van der Waals surface area contributed by atoms with Gasteiger partial charge in [-0.25, -0.2) is 9.98 Å². The molecule has 0 unspecified atom stereocenters. The number of nitrogens with zero attached hydrogens (tertiary/aromatic N) is 2. The van der Waals surface area contributed by atoms with E-state index in [2.05, 4.69) is 9.98 Å². The normalized spacial score (nSPS) is 23.6. The molecule has 9 heavy (non-hydrogen) atoms. The van der Waals surface area contributed by atoms with Gasteiger partial charge in [0.05, 0.1) is 0 Å². The minimum atomic E-state index is -1.51. The summed E-state index contributed by atoms with van der Waals surface area (Å²) >= 11 is 21.5. The van der Waals surface area contributed by atoms with E-state index in [1.165, 1.54) is 0 Å². The molecule has 1 rings (SSSR count). The van der Waals surface area contributed by atoms with E-state index in [1.54, 1.807) is 0 Å². The highest BCUT2D eigenvalue weighted by atomic mass is 35.5. The van der Waals surface area contributed by atoms with Gasteiger partial charge in [0.1, 0.15) is 0 Å². The minimum Gasteiger partial charge on any atom is -0.210 e. The quantitative estimate of drug-likeness (QED) is 0.429. The molecule has 1 heterocycles. The van der Waals surface area contributed by atoms with E-state index in [-0.39, 0.29) is 10.3 Å². The summed E-state index contributed by atoms with van der Waals surface area (Å²) in [7, 11) is 0. The molecule has 0 saturated carbocycles. The van der Waals surface area contributed by atoms with Crippen LogP contribution in [0.5, 0.6) is 0 Å². The second kappa shape index (κ2) is 2.27. The Morgan fingerprint density at radius 2 is 1.33 bits per heavy atom. The fourth-order valence-corrected chi connectivity index (χ4v) is 1.19. The highest BCUT2D eigenvalue weighted by molar-refractivity contribution is 7.01. The molecule has 1 aliphatic heterocycles. The standard InChI is InChI=1S/C3Cl4N2/c4-1-2(5)9-3(6,7)8-1. The molecule has 0 aromatic heterocycles. The third-order valence-corrected chi connectivity index (χ3v) is 1.60. The van der Waals surface area contributed by atoms with Gasteiger partial charge in [0.25, 0.3) is 0 Å². The SMILES string of the molecule is ClC1=NC(Cl)(Cl)N=C1Cl. The van der Waals surface area contributed by atoms with Crippen LogP contribution >= 0.6 is 46.4 Å². The van der Waals surface area contributed by atoms with Crippen LogP contribution in [-0.4, -0.2) is 14.9 Å². The van der Waals surface area contributed by atoms with Gasteiger partial charge in [-0.1, -0.05) is 46.4 Å². The second-order valence-corrected chi connectivity index (χ2v) is 3.28. The average Bonchev–Trinajstić information content (AvgIpc) is 1.79. The van der Waals surface area contributed by atoms with E-state index in [0.717, 1.165) is 0 Å². The van der Waals surface area contributed by atoms with Crippen LogP contribution in [0.4, 0.5) is 0 Å². The van der Waals surface area contributed by atoms with E-state index in [1.807, 2.05) is 0 Å². The van der Waals surface area contributed by atoms with Crippen LogP contribution < -0.4 is 0 Å². The van der Waals surface area contributed by atoms with E-state index in [0.29, 0.717) is 0 Å². The molecule has 6 heteroatoms. The van der Waals surface area contributed by atoms with E-state index >= 15 is 0 Å². The Bertz CT molecular complexity index is 174. The number of alkyl halides is 2. The molecule has 0 aromatic rings. The van der Waals surface area contributed by atoms with Gasteiger partial charge in [0.15, 0.2) is 10.3 Å². The maximum absolute atomic E-state index is 5.38. The van der Waals surface area contributed by atoms with Crippen LogP contribution in [0.3, 0.4) is 0 Å². The van der Waals surface area contributed by atoms with Crippen molar-refractivity contribution in [1.29, 1.82) is 0 Å². The van der Waals surface area contributed by atoms with Crippen molar-refractivity contribution in [3.63, 3.8) is 0 Å². The Labute approximate surface area is 71.5 Å². The lowest BCUT2D eigenvalue weighted by molar-refractivity contribution is 0.913. The van der Waals surface area contributed by atoms with E-state index < -0.39 is 4.58 Å². The van der Waals surface area contributed by atoms with Crippen molar-refractivity contribution in [2.45, 2.75) is 4.58 Å². The Morgan fingerprint density at radius 3 is 1.44 bits per heavy atom. The van der Waals surface area contributed by atoms with Crippen LogP contribution in [0.15, 0.2) is 9.98 Å². The zero-order chi connectivity index (χ0) is 7.07. The average molecular weight is 206 g/mol. The van der Waals surface area contributed by atoms with Crippen molar-refractivity contribution in [2.75, 3.05) is 0 Å². The molecule has 0 spiro atoms. The van der Waals surface area contributed by atoms with Gasteiger partial charge in [0.2, 0.25) is 0 Å². The summed E-state index contributed by atoms with van der Waals surface area (Å²) in [5.41, 5.74) is 0. The third kappa shape index (κ3) is 1.71. The lowest BCUT2D eigenvalue weighted by Gasteiger charge is -1.98. The van der Waals surface area contributed by atoms with E-state index in [4.69, 9.17) is 46.4 Å². The first-order valence-electron chi connectivity index (χ1n) is 1.90. The van der Waals surface area contributed by atoms with Gasteiger partial charge in [-0.15, -0.1) is 0 Å². The van der Waals surface area contributed by atoms with Crippen LogP contribution in [0.1, 0.15) is 0 Å². The van der Waals surface area contributed by atoms with Gasteiger partial charge in [-0.05, 0) is 0 Å². The van der Waals surface area contributed by atoms with Crippen LogP contribution in [0.25, 0.3) is 0 Å². The molecular formula is C3Cl4N2. The van der Waals surface area contributed by atoms with E-state index in [9.17, 15) is 0 Å². The smallest absolute Gasteiger partial charge is 0.210 e. The van der Waals surface area contributed by atoms with Gasteiger partial charge < -0.3 is 0 Å². The maximum Gasteiger partial charge on any atom is 0.308 e. The highest BCUT2D eigenvalue weighted by Gasteiger charge is 2.29. The first kappa shape index (κ1) is 7.61. The van der Waals surface area contributed by atoms with Gasteiger partial charge in [-0.2, -0.15) is 0 Å². The lowest BCUT2D eigenvalue weighted by atomic mass is 10.8. The van der Waals surface area contributed by atoms with Crippen LogP contribution in [0.2, 0.25) is 0 Å². The molecule has 0 atom stereocenters. The molecule has 0 N–H and O–H groups in total. The zero-order valence-corrected chi connectivity index (χ0v) is 6.93. The maximum atomic E-state index is 5.38. The highest BCUT2D eigenvalue weighted by Crippen LogP contribution is 2.30. The molecule has 0 amide bonds. The molecule has 0 bridgehead atoms. The Hall–Kier alpha value is 0.500. The summed E-state index contributed by atoms with van der Waals surface area (Å²) in [6.07, 6.45) is 0. The second-order valence-electron chi connectivity index (χ2n) is 1.31. The van der Waals surface area contributed by atoms with Crippen LogP contribution in [-0.2, 0) is 0 Å². The summed E-state index contributed by atoms with van der Waals surface area (Å²) in [5, 5.41) is 0.0864. The molecule has 0 saturated heterocycles. The molecule has 0 radical (unpaired) electrons. The molecular weight excluding hydrogens is 206 g/mol. The Morgan fingerprint density at radius 1 is 1.00 bits per heavy atom. The zero-order valence-electron chi connectivity index (χ0n) is 3.91. The van der Waals surface area contributed by atoms with Crippen LogP contribution in [0, 0.1) is 0 Å². The molecule has 50 valence electrons. The lowest BCUT2D eigenvalue weighted by Crippen LogP contribution is -1.98. The summed E-state index contributed by atoms with van der Waals surface area (Å²) < 4.78 is -1.51. The number of hydrogen-bond donors (Lipinski definition) is 0. The van der Waals surface area contributed by atoms with Crippen molar-refractivity contribution in [3.05, 3.63) is 0 Å². The monoisotopic (exact) mass is 204 g/mol.